The van der Waals surface area contributed by atoms with Crippen LogP contribution in [-0.4, -0.2) is 48.4 Å². The molecule has 1 rings (SSSR count). The van der Waals surface area contributed by atoms with Gasteiger partial charge < -0.3 is 15.5 Å². The average molecular weight is 255 g/mol. The van der Waals surface area contributed by atoms with E-state index in [1.165, 1.54) is 0 Å². The lowest BCUT2D eigenvalue weighted by Crippen LogP contribution is -2.40. The van der Waals surface area contributed by atoms with Crippen LogP contribution in [0.4, 0.5) is 0 Å². The summed E-state index contributed by atoms with van der Waals surface area (Å²) >= 11 is 0. The molecule has 2 atom stereocenters. The summed E-state index contributed by atoms with van der Waals surface area (Å²) in [6.45, 7) is 8.11. The van der Waals surface area contributed by atoms with Crippen molar-refractivity contribution in [3.63, 3.8) is 0 Å². The quantitative estimate of drug-likeness (QED) is 0.696. The van der Waals surface area contributed by atoms with Crippen molar-refractivity contribution in [3.05, 3.63) is 0 Å². The fourth-order valence-corrected chi connectivity index (χ4v) is 2.08. The molecule has 0 spiro atoms. The Morgan fingerprint density at radius 1 is 1.50 bits per heavy atom. The van der Waals surface area contributed by atoms with E-state index in [-0.39, 0.29) is 23.9 Å². The summed E-state index contributed by atoms with van der Waals surface area (Å²) in [5.41, 5.74) is 0. The third kappa shape index (κ3) is 4.29. The van der Waals surface area contributed by atoms with Gasteiger partial charge in [0.25, 0.3) is 0 Å². The number of amides is 2. The van der Waals surface area contributed by atoms with Gasteiger partial charge in [0.05, 0.1) is 6.04 Å². The Balaban J connectivity index is 2.28. The van der Waals surface area contributed by atoms with E-state index in [0.29, 0.717) is 13.0 Å². The highest BCUT2D eigenvalue weighted by atomic mass is 16.2. The van der Waals surface area contributed by atoms with Crippen LogP contribution in [0, 0.1) is 0 Å². The molecular weight excluding hydrogens is 230 g/mol. The van der Waals surface area contributed by atoms with E-state index < -0.39 is 0 Å². The first-order valence-corrected chi connectivity index (χ1v) is 6.90. The molecule has 1 fully saturated rings. The highest BCUT2D eigenvalue weighted by Gasteiger charge is 2.30. The van der Waals surface area contributed by atoms with Crippen LogP contribution in [-0.2, 0) is 9.59 Å². The number of hydrogen-bond acceptors (Lipinski definition) is 3. The number of carbonyl (C=O) groups is 2. The third-order valence-corrected chi connectivity index (χ3v) is 3.38. The summed E-state index contributed by atoms with van der Waals surface area (Å²) in [6, 6.07) is 0.161. The van der Waals surface area contributed by atoms with E-state index in [2.05, 4.69) is 10.6 Å². The Bertz CT molecular complexity index is 294. The third-order valence-electron chi connectivity index (χ3n) is 3.38. The van der Waals surface area contributed by atoms with Crippen molar-refractivity contribution in [2.75, 3.05) is 19.6 Å². The molecule has 18 heavy (non-hydrogen) atoms. The lowest BCUT2D eigenvalue weighted by molar-refractivity contribution is -0.130. The van der Waals surface area contributed by atoms with Gasteiger partial charge in [-0.3, -0.25) is 9.59 Å². The van der Waals surface area contributed by atoms with Crippen molar-refractivity contribution >= 4 is 11.8 Å². The predicted octanol–water partition coefficient (Wildman–Crippen LogP) is 0.502. The van der Waals surface area contributed by atoms with Crippen LogP contribution in [0.1, 0.15) is 40.0 Å². The first-order valence-electron chi connectivity index (χ1n) is 6.90. The van der Waals surface area contributed by atoms with Crippen molar-refractivity contribution in [2.24, 2.45) is 0 Å². The molecule has 1 aliphatic rings. The molecule has 1 aliphatic heterocycles. The van der Waals surface area contributed by atoms with Crippen molar-refractivity contribution in [1.29, 1.82) is 0 Å². The maximum absolute atomic E-state index is 11.9. The Labute approximate surface area is 109 Å². The molecule has 2 unspecified atom stereocenters. The molecule has 104 valence electrons. The molecular formula is C13H25N3O2. The molecule has 0 aromatic rings. The molecule has 5 nitrogen and oxygen atoms in total. The fraction of sp³-hybridized carbons (Fsp3) is 0.846. The van der Waals surface area contributed by atoms with E-state index >= 15 is 0 Å². The molecule has 5 heteroatoms. The molecule has 0 saturated carbocycles. The average Bonchev–Trinajstić information content (AvgIpc) is 2.69. The second-order valence-electron chi connectivity index (χ2n) is 4.85. The first-order chi connectivity index (χ1) is 8.58. The minimum absolute atomic E-state index is 0.0315. The Kier molecular flexibility index (Phi) is 6.12. The SMILES string of the molecule is CCNC1CCN(CCC(=O)NC(C)CC)C1=O. The summed E-state index contributed by atoms with van der Waals surface area (Å²) < 4.78 is 0. The Morgan fingerprint density at radius 3 is 2.83 bits per heavy atom. The van der Waals surface area contributed by atoms with Crippen LogP contribution in [0.5, 0.6) is 0 Å². The van der Waals surface area contributed by atoms with Gasteiger partial charge >= 0.3 is 0 Å². The van der Waals surface area contributed by atoms with Gasteiger partial charge in [-0.15, -0.1) is 0 Å². The van der Waals surface area contributed by atoms with Gasteiger partial charge in [0.1, 0.15) is 0 Å². The van der Waals surface area contributed by atoms with Gasteiger partial charge in [0.15, 0.2) is 0 Å². The number of hydrogen-bond donors (Lipinski definition) is 2. The standard InChI is InChI=1S/C13H25N3O2/c1-4-10(3)15-12(17)7-9-16-8-6-11(13(16)18)14-5-2/h10-11,14H,4-9H2,1-3H3,(H,15,17). The summed E-state index contributed by atoms with van der Waals surface area (Å²) in [6.07, 6.45) is 2.17. The Morgan fingerprint density at radius 2 is 2.22 bits per heavy atom. The molecule has 0 aromatic heterocycles. The zero-order chi connectivity index (χ0) is 13.5. The monoisotopic (exact) mass is 255 g/mol. The maximum Gasteiger partial charge on any atom is 0.239 e. The summed E-state index contributed by atoms with van der Waals surface area (Å²) in [5.74, 6) is 0.164. The molecule has 0 aliphatic carbocycles. The van der Waals surface area contributed by atoms with E-state index in [0.717, 1.165) is 25.9 Å². The highest BCUT2D eigenvalue weighted by molar-refractivity contribution is 5.84. The smallest absolute Gasteiger partial charge is 0.239 e. The number of likely N-dealkylation sites (N-methyl/N-ethyl adjacent to an activating group) is 1. The highest BCUT2D eigenvalue weighted by Crippen LogP contribution is 2.11. The number of nitrogens with one attached hydrogen (secondary N) is 2. The minimum Gasteiger partial charge on any atom is -0.354 e. The molecule has 0 aromatic carbocycles. The lowest BCUT2D eigenvalue weighted by Gasteiger charge is -2.17. The van der Waals surface area contributed by atoms with Gasteiger partial charge in [-0.2, -0.15) is 0 Å². The summed E-state index contributed by atoms with van der Waals surface area (Å²) in [5, 5.41) is 6.07. The molecule has 1 saturated heterocycles. The number of rotatable bonds is 7. The van der Waals surface area contributed by atoms with Crippen LogP contribution < -0.4 is 10.6 Å². The summed E-state index contributed by atoms with van der Waals surface area (Å²) in [4.78, 5) is 25.3. The van der Waals surface area contributed by atoms with Crippen LogP contribution in [0.2, 0.25) is 0 Å². The van der Waals surface area contributed by atoms with Crippen molar-refractivity contribution in [3.8, 4) is 0 Å². The van der Waals surface area contributed by atoms with Gasteiger partial charge in [-0.25, -0.2) is 0 Å². The van der Waals surface area contributed by atoms with E-state index in [1.807, 2.05) is 20.8 Å². The van der Waals surface area contributed by atoms with E-state index in [9.17, 15) is 9.59 Å². The minimum atomic E-state index is -0.0485. The van der Waals surface area contributed by atoms with Crippen molar-refractivity contribution in [2.45, 2.75) is 52.1 Å². The molecule has 0 bridgehead atoms. The summed E-state index contributed by atoms with van der Waals surface area (Å²) in [7, 11) is 0. The van der Waals surface area contributed by atoms with Crippen LogP contribution in [0.3, 0.4) is 0 Å². The molecule has 2 amide bonds. The second kappa shape index (κ2) is 7.36. The van der Waals surface area contributed by atoms with Gasteiger partial charge in [0, 0.05) is 25.6 Å². The molecule has 0 radical (unpaired) electrons. The zero-order valence-corrected chi connectivity index (χ0v) is 11.7. The predicted molar refractivity (Wildman–Crippen MR) is 71.2 cm³/mol. The van der Waals surface area contributed by atoms with Gasteiger partial charge in [-0.1, -0.05) is 13.8 Å². The fourth-order valence-electron chi connectivity index (χ4n) is 2.08. The van der Waals surface area contributed by atoms with Crippen LogP contribution >= 0.6 is 0 Å². The van der Waals surface area contributed by atoms with Gasteiger partial charge in [-0.05, 0) is 26.3 Å². The van der Waals surface area contributed by atoms with Crippen LogP contribution in [0.25, 0.3) is 0 Å². The second-order valence-corrected chi connectivity index (χ2v) is 4.85. The maximum atomic E-state index is 11.9. The van der Waals surface area contributed by atoms with E-state index in [4.69, 9.17) is 0 Å². The first kappa shape index (κ1) is 15.0. The number of nitrogens with zero attached hydrogens (tertiary/aromatic N) is 1. The molecule has 1 heterocycles. The zero-order valence-electron chi connectivity index (χ0n) is 11.7. The van der Waals surface area contributed by atoms with Crippen LogP contribution in [0.15, 0.2) is 0 Å². The van der Waals surface area contributed by atoms with Crippen molar-refractivity contribution in [1.82, 2.24) is 15.5 Å². The molecule has 2 N–H and O–H groups in total. The number of carbonyl (C=O) groups excluding carboxylic acids is 2. The van der Waals surface area contributed by atoms with Crippen molar-refractivity contribution < 1.29 is 9.59 Å². The number of likely N-dealkylation sites (tertiary alicyclic amines) is 1. The van der Waals surface area contributed by atoms with E-state index in [1.54, 1.807) is 4.90 Å². The largest absolute Gasteiger partial charge is 0.354 e. The Hall–Kier alpha value is -1.10. The topological polar surface area (TPSA) is 61.4 Å². The normalized spacial score (nSPS) is 21.2. The van der Waals surface area contributed by atoms with Gasteiger partial charge in [0.2, 0.25) is 11.8 Å². The lowest BCUT2D eigenvalue weighted by atomic mass is 10.2.